The van der Waals surface area contributed by atoms with Crippen LogP contribution in [0.3, 0.4) is 0 Å². The van der Waals surface area contributed by atoms with Gasteiger partial charge in [-0.1, -0.05) is 23.7 Å². The second kappa shape index (κ2) is 7.11. The second-order valence-electron chi connectivity index (χ2n) is 4.14. The van der Waals surface area contributed by atoms with E-state index in [4.69, 9.17) is 11.6 Å². The van der Waals surface area contributed by atoms with Gasteiger partial charge in [0, 0.05) is 11.1 Å². The van der Waals surface area contributed by atoms with E-state index >= 15 is 0 Å². The van der Waals surface area contributed by atoms with E-state index in [1.165, 1.54) is 7.11 Å². The minimum Gasteiger partial charge on any atom is -0.453 e. The first-order valence-electron chi connectivity index (χ1n) is 5.84. The standard InChI is InChI=1S/C13H17ClN2O3/c1-8(10-4-6-11(14)7-5-10)15-9(2)12(17)16-13(18)19-3/h4-9,15H,1-3H3,(H,16,17,18)/t8-,9-/m0/s1. The van der Waals surface area contributed by atoms with E-state index in [9.17, 15) is 9.59 Å². The number of nitrogens with one attached hydrogen (secondary N) is 2. The number of halogens is 1. The van der Waals surface area contributed by atoms with Crippen molar-refractivity contribution >= 4 is 23.6 Å². The number of ether oxygens (including phenoxy) is 1. The molecule has 0 heterocycles. The molecular formula is C13H17ClN2O3. The van der Waals surface area contributed by atoms with Gasteiger partial charge >= 0.3 is 6.09 Å². The highest BCUT2D eigenvalue weighted by molar-refractivity contribution is 6.30. The molecule has 5 nitrogen and oxygen atoms in total. The highest BCUT2D eigenvalue weighted by Crippen LogP contribution is 2.16. The molecule has 2 amide bonds. The Hall–Kier alpha value is -1.59. The number of rotatable bonds is 4. The van der Waals surface area contributed by atoms with E-state index in [1.54, 1.807) is 19.1 Å². The molecule has 0 bridgehead atoms. The summed E-state index contributed by atoms with van der Waals surface area (Å²) in [5.41, 5.74) is 1.00. The lowest BCUT2D eigenvalue weighted by atomic mass is 10.1. The van der Waals surface area contributed by atoms with Crippen LogP contribution in [0.4, 0.5) is 4.79 Å². The van der Waals surface area contributed by atoms with E-state index < -0.39 is 18.0 Å². The number of amides is 2. The molecule has 0 aliphatic heterocycles. The lowest BCUT2D eigenvalue weighted by Crippen LogP contribution is -2.45. The molecule has 2 atom stereocenters. The third-order valence-electron chi connectivity index (χ3n) is 2.67. The quantitative estimate of drug-likeness (QED) is 0.890. The third-order valence-corrected chi connectivity index (χ3v) is 2.93. The molecule has 0 saturated heterocycles. The summed E-state index contributed by atoms with van der Waals surface area (Å²) >= 11 is 5.81. The predicted molar refractivity (Wildman–Crippen MR) is 73.0 cm³/mol. The van der Waals surface area contributed by atoms with Crippen molar-refractivity contribution in [1.29, 1.82) is 0 Å². The van der Waals surface area contributed by atoms with Gasteiger partial charge in [-0.05, 0) is 31.5 Å². The van der Waals surface area contributed by atoms with Gasteiger partial charge in [0.05, 0.1) is 13.2 Å². The molecule has 0 radical (unpaired) electrons. The van der Waals surface area contributed by atoms with Gasteiger partial charge in [0.25, 0.3) is 0 Å². The third kappa shape index (κ3) is 4.89. The molecule has 0 aliphatic rings. The van der Waals surface area contributed by atoms with E-state index in [0.29, 0.717) is 5.02 Å². The van der Waals surface area contributed by atoms with Crippen molar-refractivity contribution in [3.05, 3.63) is 34.9 Å². The molecule has 1 rings (SSSR count). The molecule has 6 heteroatoms. The molecule has 0 unspecified atom stereocenters. The average Bonchev–Trinajstić information content (AvgIpc) is 2.38. The van der Waals surface area contributed by atoms with Gasteiger partial charge in [-0.3, -0.25) is 15.4 Å². The second-order valence-corrected chi connectivity index (χ2v) is 4.58. The van der Waals surface area contributed by atoms with Crippen LogP contribution < -0.4 is 10.6 Å². The number of hydrogen-bond acceptors (Lipinski definition) is 4. The summed E-state index contributed by atoms with van der Waals surface area (Å²) in [4.78, 5) is 22.6. The maximum atomic E-state index is 11.6. The SMILES string of the molecule is COC(=O)NC(=O)[C@H](C)N[C@@H](C)c1ccc(Cl)cc1. The summed E-state index contributed by atoms with van der Waals surface area (Å²) < 4.78 is 4.36. The Balaban J connectivity index is 2.56. The predicted octanol–water partition coefficient (Wildman–Crippen LogP) is 2.26. The molecule has 2 N–H and O–H groups in total. The van der Waals surface area contributed by atoms with Crippen LogP contribution in [-0.4, -0.2) is 25.2 Å². The van der Waals surface area contributed by atoms with Crippen LogP contribution in [-0.2, 0) is 9.53 Å². The smallest absolute Gasteiger partial charge is 0.413 e. The monoisotopic (exact) mass is 284 g/mol. The summed E-state index contributed by atoms with van der Waals surface area (Å²) in [5, 5.41) is 5.85. The maximum Gasteiger partial charge on any atom is 0.413 e. The molecule has 1 aromatic rings. The van der Waals surface area contributed by atoms with Crippen LogP contribution in [0, 0.1) is 0 Å². The minimum absolute atomic E-state index is 0.0457. The first-order chi connectivity index (χ1) is 8.93. The fourth-order valence-electron chi connectivity index (χ4n) is 1.56. The molecular weight excluding hydrogens is 268 g/mol. The normalized spacial score (nSPS) is 13.5. The van der Waals surface area contributed by atoms with E-state index in [0.717, 1.165) is 5.56 Å². The molecule has 1 aromatic carbocycles. The zero-order chi connectivity index (χ0) is 14.4. The molecule has 0 saturated carbocycles. The van der Waals surface area contributed by atoms with Crippen LogP contribution in [0.2, 0.25) is 5.02 Å². The summed E-state index contributed by atoms with van der Waals surface area (Å²) in [6, 6.07) is 6.76. The van der Waals surface area contributed by atoms with Crippen molar-refractivity contribution in [1.82, 2.24) is 10.6 Å². The fraction of sp³-hybridized carbons (Fsp3) is 0.385. The Bertz CT molecular complexity index is 448. The highest BCUT2D eigenvalue weighted by atomic mass is 35.5. The highest BCUT2D eigenvalue weighted by Gasteiger charge is 2.18. The lowest BCUT2D eigenvalue weighted by molar-refractivity contribution is -0.122. The summed E-state index contributed by atoms with van der Waals surface area (Å²) in [6.07, 6.45) is -0.766. The Kier molecular flexibility index (Phi) is 5.79. The first kappa shape index (κ1) is 15.5. The minimum atomic E-state index is -0.766. The fourth-order valence-corrected chi connectivity index (χ4v) is 1.68. The van der Waals surface area contributed by atoms with Gasteiger partial charge in [0.1, 0.15) is 0 Å². The van der Waals surface area contributed by atoms with Gasteiger partial charge in [-0.15, -0.1) is 0 Å². The number of carbonyl (C=O) groups excluding carboxylic acids is 2. The topological polar surface area (TPSA) is 67.4 Å². The molecule has 0 aromatic heterocycles. The van der Waals surface area contributed by atoms with Gasteiger partial charge < -0.3 is 4.74 Å². The lowest BCUT2D eigenvalue weighted by Gasteiger charge is -2.19. The van der Waals surface area contributed by atoms with Gasteiger partial charge in [0.2, 0.25) is 5.91 Å². The van der Waals surface area contributed by atoms with E-state index in [1.807, 2.05) is 19.1 Å². The van der Waals surface area contributed by atoms with Crippen LogP contribution >= 0.6 is 11.6 Å². The molecule has 0 spiro atoms. The molecule has 104 valence electrons. The van der Waals surface area contributed by atoms with Crippen molar-refractivity contribution in [3.8, 4) is 0 Å². The zero-order valence-electron chi connectivity index (χ0n) is 11.1. The van der Waals surface area contributed by atoms with Crippen LogP contribution in [0.5, 0.6) is 0 Å². The molecule has 0 fully saturated rings. The summed E-state index contributed by atoms with van der Waals surface area (Å²) in [7, 11) is 1.21. The maximum absolute atomic E-state index is 11.6. The Morgan fingerprint density at radius 2 is 1.79 bits per heavy atom. The number of methoxy groups -OCH3 is 1. The number of carbonyl (C=O) groups is 2. The van der Waals surface area contributed by atoms with Crippen molar-refractivity contribution in [3.63, 3.8) is 0 Å². The van der Waals surface area contributed by atoms with Crippen molar-refractivity contribution in [2.75, 3.05) is 7.11 Å². The molecule has 0 aliphatic carbocycles. The average molecular weight is 285 g/mol. The van der Waals surface area contributed by atoms with Crippen molar-refractivity contribution < 1.29 is 14.3 Å². The number of alkyl carbamates (subject to hydrolysis) is 1. The summed E-state index contributed by atoms with van der Waals surface area (Å²) in [6.45, 7) is 3.59. The Labute approximate surface area is 117 Å². The van der Waals surface area contributed by atoms with Crippen LogP contribution in [0.1, 0.15) is 25.5 Å². The van der Waals surface area contributed by atoms with Gasteiger partial charge in [-0.25, -0.2) is 4.79 Å². The van der Waals surface area contributed by atoms with Crippen molar-refractivity contribution in [2.24, 2.45) is 0 Å². The largest absolute Gasteiger partial charge is 0.453 e. The number of imide groups is 1. The first-order valence-corrected chi connectivity index (χ1v) is 6.22. The van der Waals surface area contributed by atoms with Crippen LogP contribution in [0.15, 0.2) is 24.3 Å². The van der Waals surface area contributed by atoms with E-state index in [2.05, 4.69) is 15.4 Å². The Morgan fingerprint density at radius 1 is 1.21 bits per heavy atom. The van der Waals surface area contributed by atoms with E-state index in [-0.39, 0.29) is 6.04 Å². The van der Waals surface area contributed by atoms with Crippen molar-refractivity contribution in [2.45, 2.75) is 25.9 Å². The van der Waals surface area contributed by atoms with Gasteiger partial charge in [0.15, 0.2) is 0 Å². The Morgan fingerprint density at radius 3 is 2.32 bits per heavy atom. The molecule has 19 heavy (non-hydrogen) atoms. The zero-order valence-corrected chi connectivity index (χ0v) is 11.8. The van der Waals surface area contributed by atoms with Crippen LogP contribution in [0.25, 0.3) is 0 Å². The number of hydrogen-bond donors (Lipinski definition) is 2. The number of benzene rings is 1. The summed E-state index contributed by atoms with van der Waals surface area (Å²) in [5.74, 6) is -0.437. The van der Waals surface area contributed by atoms with Gasteiger partial charge in [-0.2, -0.15) is 0 Å².